The lowest BCUT2D eigenvalue weighted by molar-refractivity contribution is -0.121. The normalized spacial score (nSPS) is 48.6. The maximum absolute atomic E-state index is 11.0. The van der Waals surface area contributed by atoms with Gasteiger partial charge in [-0.2, -0.15) is 0 Å². The molecule has 0 saturated heterocycles. The Balaban J connectivity index is 2.28. The van der Waals surface area contributed by atoms with E-state index in [0.717, 1.165) is 19.3 Å². The average molecular weight is 125 g/mol. The van der Waals surface area contributed by atoms with Crippen LogP contribution in [-0.4, -0.2) is 11.3 Å². The molecule has 50 valence electrons. The van der Waals surface area contributed by atoms with Gasteiger partial charge in [-0.05, 0) is 19.3 Å². The minimum atomic E-state index is -0.0677. The first kappa shape index (κ1) is 5.42. The third kappa shape index (κ3) is 0.628. The molecular formula is C7H11NO. The summed E-state index contributed by atoms with van der Waals surface area (Å²) in [6.45, 7) is 0. The van der Waals surface area contributed by atoms with Crippen LogP contribution in [0.25, 0.3) is 0 Å². The zero-order valence-corrected chi connectivity index (χ0v) is 5.39. The van der Waals surface area contributed by atoms with Crippen molar-refractivity contribution in [2.45, 2.75) is 31.2 Å². The van der Waals surface area contributed by atoms with Crippen LogP contribution in [0.1, 0.15) is 25.7 Å². The highest BCUT2D eigenvalue weighted by Gasteiger charge is 2.47. The number of Topliss-reactive ketones (excluding diaryl/α,β-unsaturated/α-hetero) is 1. The lowest BCUT2D eigenvalue weighted by atomic mass is 9.94. The molecule has 0 heterocycles. The summed E-state index contributed by atoms with van der Waals surface area (Å²) in [5.41, 5.74) is 5.80. The molecule has 9 heavy (non-hydrogen) atoms. The number of hydrogen-bond donors (Lipinski definition) is 1. The monoisotopic (exact) mass is 125 g/mol. The van der Waals surface area contributed by atoms with Gasteiger partial charge in [0, 0.05) is 17.9 Å². The Morgan fingerprint density at radius 3 is 2.67 bits per heavy atom. The van der Waals surface area contributed by atoms with Gasteiger partial charge < -0.3 is 5.73 Å². The molecule has 2 aliphatic rings. The largest absolute Gasteiger partial charge is 0.325 e. The number of hydrogen-bond acceptors (Lipinski definition) is 2. The second-order valence-electron chi connectivity index (χ2n) is 3.45. The van der Waals surface area contributed by atoms with Crippen LogP contribution in [-0.2, 0) is 4.79 Å². The fourth-order valence-corrected chi connectivity index (χ4v) is 2.08. The molecule has 2 N–H and O–H groups in total. The highest BCUT2D eigenvalue weighted by atomic mass is 16.1. The van der Waals surface area contributed by atoms with Crippen LogP contribution in [0.3, 0.4) is 0 Å². The first-order valence-electron chi connectivity index (χ1n) is 3.51. The summed E-state index contributed by atoms with van der Waals surface area (Å²) < 4.78 is 0. The summed E-state index contributed by atoms with van der Waals surface area (Å²) in [6.07, 6.45) is 3.74. The first-order chi connectivity index (χ1) is 4.20. The van der Waals surface area contributed by atoms with Crippen molar-refractivity contribution in [3.05, 3.63) is 0 Å². The fourth-order valence-electron chi connectivity index (χ4n) is 2.08. The molecule has 2 rings (SSSR count). The van der Waals surface area contributed by atoms with Crippen molar-refractivity contribution in [3.63, 3.8) is 0 Å². The molecule has 0 aromatic heterocycles. The predicted octanol–water partition coefficient (Wildman–Crippen LogP) is 0.457. The first-order valence-corrected chi connectivity index (χ1v) is 3.51. The van der Waals surface area contributed by atoms with Crippen molar-refractivity contribution in [3.8, 4) is 0 Å². The lowest BCUT2D eigenvalue weighted by Gasteiger charge is -2.18. The smallest absolute Gasteiger partial charge is 0.137 e. The van der Waals surface area contributed by atoms with Crippen molar-refractivity contribution >= 4 is 5.78 Å². The van der Waals surface area contributed by atoms with Crippen molar-refractivity contribution in [2.24, 2.45) is 11.7 Å². The van der Waals surface area contributed by atoms with Gasteiger partial charge in [0.25, 0.3) is 0 Å². The molecule has 2 heteroatoms. The van der Waals surface area contributed by atoms with Crippen LogP contribution >= 0.6 is 0 Å². The Bertz CT molecular complexity index is 166. The van der Waals surface area contributed by atoms with Crippen LogP contribution in [0, 0.1) is 5.92 Å². The van der Waals surface area contributed by atoms with E-state index in [0.29, 0.717) is 18.1 Å². The van der Waals surface area contributed by atoms with Gasteiger partial charge in [-0.3, -0.25) is 4.79 Å². The minimum absolute atomic E-state index is 0.0677. The van der Waals surface area contributed by atoms with E-state index in [1.54, 1.807) is 0 Å². The second kappa shape index (κ2) is 1.37. The van der Waals surface area contributed by atoms with Crippen molar-refractivity contribution in [1.82, 2.24) is 0 Å². The average Bonchev–Trinajstić information content (AvgIpc) is 2.20. The van der Waals surface area contributed by atoms with E-state index in [4.69, 9.17) is 5.73 Å². The Labute approximate surface area is 54.4 Å². The Morgan fingerprint density at radius 2 is 2.44 bits per heavy atom. The van der Waals surface area contributed by atoms with Crippen molar-refractivity contribution in [2.75, 3.05) is 0 Å². The van der Waals surface area contributed by atoms with E-state index >= 15 is 0 Å². The summed E-state index contributed by atoms with van der Waals surface area (Å²) in [7, 11) is 0. The molecule has 0 radical (unpaired) electrons. The maximum Gasteiger partial charge on any atom is 0.137 e. The number of rotatable bonds is 0. The molecule has 0 aromatic carbocycles. The van der Waals surface area contributed by atoms with E-state index in [1.807, 2.05) is 0 Å². The van der Waals surface area contributed by atoms with Gasteiger partial charge in [-0.15, -0.1) is 0 Å². The fraction of sp³-hybridized carbons (Fsp3) is 0.857. The minimum Gasteiger partial charge on any atom is -0.325 e. The molecule has 2 aliphatic carbocycles. The van der Waals surface area contributed by atoms with E-state index in [2.05, 4.69) is 0 Å². The molecule has 2 atom stereocenters. The van der Waals surface area contributed by atoms with Gasteiger partial charge in [-0.25, -0.2) is 0 Å². The van der Waals surface area contributed by atoms with Gasteiger partial charge in [0.1, 0.15) is 5.78 Å². The van der Waals surface area contributed by atoms with Crippen molar-refractivity contribution < 1.29 is 4.79 Å². The summed E-state index contributed by atoms with van der Waals surface area (Å²) in [5.74, 6) is 0.749. The molecular weight excluding hydrogens is 114 g/mol. The molecule has 2 nitrogen and oxygen atoms in total. The Hall–Kier alpha value is -0.370. The van der Waals surface area contributed by atoms with Gasteiger partial charge in [0.15, 0.2) is 0 Å². The van der Waals surface area contributed by atoms with E-state index < -0.39 is 0 Å². The van der Waals surface area contributed by atoms with Gasteiger partial charge in [-0.1, -0.05) is 0 Å². The number of carbonyl (C=O) groups is 1. The van der Waals surface area contributed by atoms with E-state index in [9.17, 15) is 4.79 Å². The van der Waals surface area contributed by atoms with Gasteiger partial charge >= 0.3 is 0 Å². The SMILES string of the molecule is NC12CCC(C1)C(=O)C2. The van der Waals surface area contributed by atoms with Crippen LogP contribution < -0.4 is 5.73 Å². The van der Waals surface area contributed by atoms with Gasteiger partial charge in [0.05, 0.1) is 0 Å². The molecule has 0 spiro atoms. The zero-order chi connectivity index (χ0) is 6.48. The third-order valence-corrected chi connectivity index (χ3v) is 2.63. The maximum atomic E-state index is 11.0. The number of fused-ring (bicyclic) bond motifs is 2. The third-order valence-electron chi connectivity index (χ3n) is 2.63. The standard InChI is InChI=1S/C7H11NO/c8-7-2-1-5(3-7)6(9)4-7/h5H,1-4,8H2. The Kier molecular flexibility index (Phi) is 0.826. The topological polar surface area (TPSA) is 43.1 Å². The molecule has 0 amide bonds. The van der Waals surface area contributed by atoms with Gasteiger partial charge in [0.2, 0.25) is 0 Å². The van der Waals surface area contributed by atoms with Crippen LogP contribution in [0.5, 0.6) is 0 Å². The highest BCUT2D eigenvalue weighted by molar-refractivity contribution is 5.86. The second-order valence-corrected chi connectivity index (χ2v) is 3.45. The molecule has 2 saturated carbocycles. The quantitative estimate of drug-likeness (QED) is 0.511. The zero-order valence-electron chi connectivity index (χ0n) is 5.39. The molecule has 2 unspecified atom stereocenters. The Morgan fingerprint density at radius 1 is 1.67 bits per heavy atom. The van der Waals surface area contributed by atoms with Crippen LogP contribution in [0.15, 0.2) is 0 Å². The lowest BCUT2D eigenvalue weighted by Crippen LogP contribution is -2.35. The number of nitrogens with two attached hydrogens (primary N) is 1. The summed E-state index contributed by atoms with van der Waals surface area (Å²) in [5, 5.41) is 0. The summed E-state index contributed by atoms with van der Waals surface area (Å²) in [6, 6.07) is 0. The number of ketones is 1. The number of carbonyl (C=O) groups excluding carboxylic acids is 1. The van der Waals surface area contributed by atoms with Crippen LogP contribution in [0.4, 0.5) is 0 Å². The summed E-state index contributed by atoms with van der Waals surface area (Å²) in [4.78, 5) is 11.0. The summed E-state index contributed by atoms with van der Waals surface area (Å²) >= 11 is 0. The molecule has 2 fully saturated rings. The van der Waals surface area contributed by atoms with Crippen LogP contribution in [0.2, 0.25) is 0 Å². The molecule has 2 bridgehead atoms. The predicted molar refractivity (Wildman–Crippen MR) is 33.9 cm³/mol. The van der Waals surface area contributed by atoms with E-state index in [-0.39, 0.29) is 5.54 Å². The highest BCUT2D eigenvalue weighted by Crippen LogP contribution is 2.43. The molecule has 0 aromatic rings. The van der Waals surface area contributed by atoms with E-state index in [1.165, 1.54) is 0 Å². The van der Waals surface area contributed by atoms with Crippen molar-refractivity contribution in [1.29, 1.82) is 0 Å². The molecule has 0 aliphatic heterocycles.